The summed E-state index contributed by atoms with van der Waals surface area (Å²) in [5.41, 5.74) is 5.73. The van der Waals surface area contributed by atoms with Crippen molar-refractivity contribution in [1.29, 1.82) is 0 Å². The molecule has 1 amide bonds. The van der Waals surface area contributed by atoms with Gasteiger partial charge in [0.2, 0.25) is 0 Å². The van der Waals surface area contributed by atoms with E-state index in [0.717, 1.165) is 11.1 Å². The highest BCUT2D eigenvalue weighted by atomic mass is 16.5. The van der Waals surface area contributed by atoms with Gasteiger partial charge in [-0.3, -0.25) is 4.79 Å². The second-order valence-corrected chi connectivity index (χ2v) is 6.10. The molecule has 0 unspecified atom stereocenters. The molecule has 0 aromatic heterocycles. The molecule has 0 aliphatic carbocycles. The maximum absolute atomic E-state index is 11.8. The SMILES string of the molecule is C/C(C=NNC(=O)COc1ccc(C(C)C)cc1)=C\c1ccccc1. The number of hydrazone groups is 1. The zero-order chi connectivity index (χ0) is 18.1. The van der Waals surface area contributed by atoms with Gasteiger partial charge in [-0.25, -0.2) is 5.43 Å². The van der Waals surface area contributed by atoms with E-state index < -0.39 is 0 Å². The van der Waals surface area contributed by atoms with Crippen LogP contribution in [0.3, 0.4) is 0 Å². The van der Waals surface area contributed by atoms with Gasteiger partial charge in [-0.2, -0.15) is 5.10 Å². The van der Waals surface area contributed by atoms with Crippen molar-refractivity contribution in [3.63, 3.8) is 0 Å². The largest absolute Gasteiger partial charge is 0.484 e. The molecular weight excluding hydrogens is 312 g/mol. The number of benzene rings is 2. The first-order chi connectivity index (χ1) is 12.0. The van der Waals surface area contributed by atoms with E-state index in [1.165, 1.54) is 5.56 Å². The lowest BCUT2D eigenvalue weighted by atomic mass is 10.0. The predicted molar refractivity (Wildman–Crippen MR) is 103 cm³/mol. The smallest absolute Gasteiger partial charge is 0.277 e. The van der Waals surface area contributed by atoms with Crippen molar-refractivity contribution in [3.05, 3.63) is 71.3 Å². The standard InChI is InChI=1S/C21H24N2O2/c1-16(2)19-9-11-20(12-10-19)25-15-21(24)23-22-14-17(3)13-18-7-5-4-6-8-18/h4-14,16H,15H2,1-3H3,(H,23,24)/b17-13+,22-14?. The number of rotatable bonds is 7. The molecule has 2 aromatic rings. The lowest BCUT2D eigenvalue weighted by Crippen LogP contribution is -2.24. The highest BCUT2D eigenvalue weighted by Gasteiger charge is 2.03. The zero-order valence-corrected chi connectivity index (χ0v) is 14.9. The van der Waals surface area contributed by atoms with Crippen LogP contribution < -0.4 is 10.2 Å². The summed E-state index contributed by atoms with van der Waals surface area (Å²) in [7, 11) is 0. The molecule has 25 heavy (non-hydrogen) atoms. The summed E-state index contributed by atoms with van der Waals surface area (Å²) in [6.07, 6.45) is 3.60. The molecule has 0 fully saturated rings. The van der Waals surface area contributed by atoms with Crippen molar-refractivity contribution >= 4 is 18.2 Å². The van der Waals surface area contributed by atoms with E-state index in [2.05, 4.69) is 24.4 Å². The summed E-state index contributed by atoms with van der Waals surface area (Å²) in [4.78, 5) is 11.8. The molecule has 2 aromatic carbocycles. The maximum Gasteiger partial charge on any atom is 0.277 e. The minimum Gasteiger partial charge on any atom is -0.484 e. The van der Waals surface area contributed by atoms with Crippen LogP contribution in [0.4, 0.5) is 0 Å². The lowest BCUT2D eigenvalue weighted by molar-refractivity contribution is -0.123. The molecule has 1 N–H and O–H groups in total. The first-order valence-electron chi connectivity index (χ1n) is 8.32. The van der Waals surface area contributed by atoms with E-state index in [9.17, 15) is 4.79 Å². The van der Waals surface area contributed by atoms with Gasteiger partial charge in [0.1, 0.15) is 5.75 Å². The van der Waals surface area contributed by atoms with Crippen LogP contribution in [0.5, 0.6) is 5.75 Å². The third-order valence-corrected chi connectivity index (χ3v) is 3.57. The Hall–Kier alpha value is -2.88. The summed E-state index contributed by atoms with van der Waals surface area (Å²) < 4.78 is 5.46. The van der Waals surface area contributed by atoms with Crippen LogP contribution in [0.2, 0.25) is 0 Å². The fraction of sp³-hybridized carbons (Fsp3) is 0.238. The van der Waals surface area contributed by atoms with Gasteiger partial charge in [-0.1, -0.05) is 62.4 Å². The number of nitrogens with one attached hydrogen (secondary N) is 1. The first kappa shape index (κ1) is 18.5. The minimum absolute atomic E-state index is 0.0696. The highest BCUT2D eigenvalue weighted by molar-refractivity contribution is 5.86. The molecule has 0 atom stereocenters. The van der Waals surface area contributed by atoms with Crippen LogP contribution in [0.25, 0.3) is 6.08 Å². The number of allylic oxidation sites excluding steroid dienone is 1. The molecule has 0 aliphatic heterocycles. The Kier molecular flexibility index (Phi) is 6.96. The quantitative estimate of drug-likeness (QED) is 0.602. The molecule has 0 heterocycles. The number of hydrogen-bond donors (Lipinski definition) is 1. The molecule has 130 valence electrons. The van der Waals surface area contributed by atoms with Crippen molar-refractivity contribution in [2.45, 2.75) is 26.7 Å². The third kappa shape index (κ3) is 6.63. The second-order valence-electron chi connectivity index (χ2n) is 6.10. The number of nitrogens with zero attached hydrogens (tertiary/aromatic N) is 1. The van der Waals surface area contributed by atoms with Crippen molar-refractivity contribution in [3.8, 4) is 5.75 Å². The highest BCUT2D eigenvalue weighted by Crippen LogP contribution is 2.18. The molecule has 0 bridgehead atoms. The third-order valence-electron chi connectivity index (χ3n) is 3.57. The topological polar surface area (TPSA) is 50.7 Å². The maximum atomic E-state index is 11.8. The first-order valence-corrected chi connectivity index (χ1v) is 8.32. The van der Waals surface area contributed by atoms with E-state index in [-0.39, 0.29) is 12.5 Å². The molecule has 0 saturated carbocycles. The van der Waals surface area contributed by atoms with Gasteiger partial charge in [0.15, 0.2) is 6.61 Å². The van der Waals surface area contributed by atoms with Gasteiger partial charge in [0.05, 0.1) is 6.21 Å². The van der Waals surface area contributed by atoms with E-state index in [4.69, 9.17) is 4.74 Å². The average Bonchev–Trinajstić information content (AvgIpc) is 2.61. The second kappa shape index (κ2) is 9.42. The number of carbonyl (C=O) groups excluding carboxylic acids is 1. The summed E-state index contributed by atoms with van der Waals surface area (Å²) in [5, 5.41) is 3.94. The van der Waals surface area contributed by atoms with Crippen LogP contribution in [0.1, 0.15) is 37.8 Å². The van der Waals surface area contributed by atoms with Crippen LogP contribution >= 0.6 is 0 Å². The monoisotopic (exact) mass is 336 g/mol. The van der Waals surface area contributed by atoms with Crippen molar-refractivity contribution < 1.29 is 9.53 Å². The fourth-order valence-electron chi connectivity index (χ4n) is 2.19. The van der Waals surface area contributed by atoms with E-state index >= 15 is 0 Å². The molecule has 2 rings (SSSR count). The fourth-order valence-corrected chi connectivity index (χ4v) is 2.19. The van der Waals surface area contributed by atoms with Gasteiger partial charge < -0.3 is 4.74 Å². The van der Waals surface area contributed by atoms with Crippen LogP contribution in [0, 0.1) is 0 Å². The normalized spacial score (nSPS) is 11.8. The van der Waals surface area contributed by atoms with Crippen LogP contribution in [0.15, 0.2) is 65.3 Å². The lowest BCUT2D eigenvalue weighted by Gasteiger charge is -2.08. The minimum atomic E-state index is -0.295. The summed E-state index contributed by atoms with van der Waals surface area (Å²) in [6.45, 7) is 6.13. The van der Waals surface area contributed by atoms with Gasteiger partial charge in [0.25, 0.3) is 5.91 Å². The van der Waals surface area contributed by atoms with E-state index in [0.29, 0.717) is 11.7 Å². The summed E-state index contributed by atoms with van der Waals surface area (Å²) in [5.74, 6) is 0.847. The Morgan fingerprint density at radius 3 is 2.44 bits per heavy atom. The average molecular weight is 336 g/mol. The molecule has 0 saturated heterocycles. The number of amides is 1. The number of carbonyl (C=O) groups is 1. The molecule has 0 aliphatic rings. The van der Waals surface area contributed by atoms with Crippen LogP contribution in [-0.4, -0.2) is 18.7 Å². The Morgan fingerprint density at radius 1 is 1.12 bits per heavy atom. The predicted octanol–water partition coefficient (Wildman–Crippen LogP) is 4.39. The summed E-state index contributed by atoms with van der Waals surface area (Å²) >= 11 is 0. The van der Waals surface area contributed by atoms with Gasteiger partial charge in [0, 0.05) is 0 Å². The molecule has 4 nitrogen and oxygen atoms in total. The Labute approximate surface area is 149 Å². The molecule has 0 radical (unpaired) electrons. The Bertz CT molecular complexity index is 732. The van der Waals surface area contributed by atoms with Crippen molar-refractivity contribution in [2.24, 2.45) is 5.10 Å². The van der Waals surface area contributed by atoms with Crippen LogP contribution in [-0.2, 0) is 4.79 Å². The van der Waals surface area contributed by atoms with Gasteiger partial charge in [-0.15, -0.1) is 0 Å². The van der Waals surface area contributed by atoms with Crippen molar-refractivity contribution in [2.75, 3.05) is 6.61 Å². The molecular formula is C21H24N2O2. The van der Waals surface area contributed by atoms with Gasteiger partial charge >= 0.3 is 0 Å². The van der Waals surface area contributed by atoms with E-state index in [1.807, 2.05) is 67.6 Å². The Balaban J connectivity index is 1.77. The Morgan fingerprint density at radius 2 is 1.80 bits per heavy atom. The number of ether oxygens (including phenoxy) is 1. The van der Waals surface area contributed by atoms with E-state index in [1.54, 1.807) is 6.21 Å². The molecule has 0 spiro atoms. The van der Waals surface area contributed by atoms with Gasteiger partial charge in [-0.05, 0) is 41.7 Å². The zero-order valence-electron chi connectivity index (χ0n) is 14.9. The number of hydrogen-bond acceptors (Lipinski definition) is 3. The summed E-state index contributed by atoms with van der Waals surface area (Å²) in [6, 6.07) is 17.7. The van der Waals surface area contributed by atoms with Crippen molar-refractivity contribution in [1.82, 2.24) is 5.43 Å². The molecule has 4 heteroatoms.